The largest absolute Gasteiger partial charge is 0.362 e. The van der Waals surface area contributed by atoms with Crippen LogP contribution >= 0.6 is 24.0 Å². The van der Waals surface area contributed by atoms with Gasteiger partial charge in [-0.3, -0.25) is 4.79 Å². The molecule has 32 heavy (non-hydrogen) atoms. The van der Waals surface area contributed by atoms with E-state index in [1.165, 1.54) is 43.4 Å². The van der Waals surface area contributed by atoms with Gasteiger partial charge in [-0.05, 0) is 60.3 Å². The highest BCUT2D eigenvalue weighted by molar-refractivity contribution is 7.99. The number of hydrogen-bond acceptors (Lipinski definition) is 3. The van der Waals surface area contributed by atoms with Crippen molar-refractivity contribution in [1.82, 2.24) is 5.32 Å². The fourth-order valence-corrected chi connectivity index (χ4v) is 5.49. The summed E-state index contributed by atoms with van der Waals surface area (Å²) in [7, 11) is 0. The molecule has 0 aromatic heterocycles. The van der Waals surface area contributed by atoms with Crippen molar-refractivity contribution in [1.29, 1.82) is 0 Å². The summed E-state index contributed by atoms with van der Waals surface area (Å²) in [6.45, 7) is 7.38. The Bertz CT molecular complexity index is 897. The van der Waals surface area contributed by atoms with Crippen LogP contribution < -0.4 is 10.6 Å². The van der Waals surface area contributed by atoms with Crippen LogP contribution in [-0.2, 0) is 5.41 Å². The zero-order valence-corrected chi connectivity index (χ0v) is 21.2. The van der Waals surface area contributed by atoms with Crippen molar-refractivity contribution in [3.8, 4) is 0 Å². The van der Waals surface area contributed by atoms with E-state index >= 15 is 0 Å². The molecule has 2 N–H and O–H groups in total. The lowest BCUT2D eigenvalue weighted by atomic mass is 9.86. The average molecular weight is 469 g/mol. The van der Waals surface area contributed by atoms with E-state index in [9.17, 15) is 4.79 Å². The van der Waals surface area contributed by atoms with Crippen molar-refractivity contribution >= 4 is 40.6 Å². The molecular weight excluding hydrogens is 432 g/mol. The number of anilines is 1. The van der Waals surface area contributed by atoms with Crippen molar-refractivity contribution in [2.75, 3.05) is 17.6 Å². The van der Waals surface area contributed by atoms with E-state index in [0.29, 0.717) is 16.2 Å². The van der Waals surface area contributed by atoms with E-state index in [0.717, 1.165) is 23.9 Å². The Kier molecular flexibility index (Phi) is 9.18. The number of nitrogens with one attached hydrogen (secondary N) is 2. The molecule has 1 fully saturated rings. The quantitative estimate of drug-likeness (QED) is 0.249. The molecule has 0 amide bonds. The third kappa shape index (κ3) is 7.63. The van der Waals surface area contributed by atoms with Gasteiger partial charge in [-0.2, -0.15) is 11.8 Å². The van der Waals surface area contributed by atoms with Gasteiger partial charge in [0.15, 0.2) is 10.9 Å². The Morgan fingerprint density at radius 2 is 1.75 bits per heavy atom. The summed E-state index contributed by atoms with van der Waals surface area (Å²) in [5.74, 6) is 1.20. The number of hydrogen-bond donors (Lipinski definition) is 2. The van der Waals surface area contributed by atoms with Gasteiger partial charge in [0.2, 0.25) is 0 Å². The van der Waals surface area contributed by atoms with Gasteiger partial charge < -0.3 is 10.6 Å². The zero-order valence-electron chi connectivity index (χ0n) is 19.6. The first-order valence-corrected chi connectivity index (χ1v) is 13.2. The number of thiocarbonyl (C=S) groups is 1. The number of carbonyl (C=O) groups is 1. The van der Waals surface area contributed by atoms with E-state index in [-0.39, 0.29) is 11.2 Å². The predicted molar refractivity (Wildman–Crippen MR) is 143 cm³/mol. The summed E-state index contributed by atoms with van der Waals surface area (Å²) < 4.78 is 0. The van der Waals surface area contributed by atoms with Gasteiger partial charge in [-0.1, -0.05) is 76.4 Å². The Morgan fingerprint density at radius 3 is 2.44 bits per heavy atom. The number of rotatable bonds is 8. The maximum atomic E-state index is 12.9. The predicted octanol–water partition coefficient (Wildman–Crippen LogP) is 6.96. The van der Waals surface area contributed by atoms with Crippen LogP contribution in [0.4, 0.5) is 5.69 Å². The topological polar surface area (TPSA) is 41.1 Å². The maximum Gasteiger partial charge on any atom is 0.193 e. The molecule has 0 bridgehead atoms. The molecule has 1 saturated carbocycles. The number of thioether (sulfide) groups is 1. The highest BCUT2D eigenvalue weighted by Gasteiger charge is 2.16. The smallest absolute Gasteiger partial charge is 0.193 e. The van der Waals surface area contributed by atoms with Crippen molar-refractivity contribution < 1.29 is 4.79 Å². The van der Waals surface area contributed by atoms with Gasteiger partial charge in [0, 0.05) is 28.6 Å². The minimum Gasteiger partial charge on any atom is -0.362 e. The third-order valence-corrected chi connectivity index (χ3v) is 7.62. The molecule has 2 aromatic rings. The average Bonchev–Trinajstić information content (AvgIpc) is 2.79. The number of ketones is 1. The molecule has 1 aliphatic carbocycles. The summed E-state index contributed by atoms with van der Waals surface area (Å²) in [6, 6.07) is 15.5. The normalized spacial score (nSPS) is 14.7. The zero-order chi connectivity index (χ0) is 23.0. The van der Waals surface area contributed by atoms with Crippen molar-refractivity contribution in [3.63, 3.8) is 0 Å². The van der Waals surface area contributed by atoms with Crippen LogP contribution in [0.3, 0.4) is 0 Å². The molecule has 0 atom stereocenters. The Morgan fingerprint density at radius 1 is 1.03 bits per heavy atom. The molecular formula is C27H36N2OS2. The van der Waals surface area contributed by atoms with Gasteiger partial charge in [-0.15, -0.1) is 0 Å². The van der Waals surface area contributed by atoms with Crippen LogP contribution in [0.1, 0.15) is 80.8 Å². The highest BCUT2D eigenvalue weighted by atomic mass is 32.2. The summed E-state index contributed by atoms with van der Waals surface area (Å²) in [4.78, 5) is 12.9. The minimum atomic E-state index is 0.0210. The molecule has 0 saturated heterocycles. The second-order valence-electron chi connectivity index (χ2n) is 9.60. The van der Waals surface area contributed by atoms with Crippen LogP contribution in [0.25, 0.3) is 0 Å². The molecule has 0 heterocycles. The summed E-state index contributed by atoms with van der Waals surface area (Å²) >= 11 is 7.57. The van der Waals surface area contributed by atoms with Gasteiger partial charge in [0.1, 0.15) is 0 Å². The fraction of sp³-hybridized carbons (Fsp3) is 0.481. The van der Waals surface area contributed by atoms with Crippen LogP contribution in [0.2, 0.25) is 0 Å². The molecule has 2 aromatic carbocycles. The van der Waals surface area contributed by atoms with Crippen molar-refractivity contribution in [2.24, 2.45) is 0 Å². The summed E-state index contributed by atoms with van der Waals surface area (Å²) in [5.41, 5.74) is 3.48. The van der Waals surface area contributed by atoms with Crippen LogP contribution in [0.15, 0.2) is 48.5 Å². The Balaban J connectivity index is 1.46. The monoisotopic (exact) mass is 468 g/mol. The first-order valence-electron chi connectivity index (χ1n) is 11.7. The molecule has 0 spiro atoms. The van der Waals surface area contributed by atoms with Gasteiger partial charge >= 0.3 is 0 Å². The van der Waals surface area contributed by atoms with E-state index in [2.05, 4.69) is 43.2 Å². The molecule has 3 nitrogen and oxygen atoms in total. The van der Waals surface area contributed by atoms with Gasteiger partial charge in [-0.25, -0.2) is 0 Å². The fourth-order valence-electron chi connectivity index (χ4n) is 3.96. The first-order chi connectivity index (χ1) is 15.3. The molecule has 0 unspecified atom stereocenters. The number of carbonyl (C=O) groups excluding carboxylic acids is 1. The first kappa shape index (κ1) is 24.8. The molecule has 172 valence electrons. The molecule has 0 radical (unpaired) electrons. The second-order valence-corrected chi connectivity index (χ2v) is 11.4. The van der Waals surface area contributed by atoms with E-state index < -0.39 is 0 Å². The van der Waals surface area contributed by atoms with E-state index in [1.54, 1.807) is 0 Å². The van der Waals surface area contributed by atoms with E-state index in [4.69, 9.17) is 12.2 Å². The van der Waals surface area contributed by atoms with Crippen LogP contribution in [0, 0.1) is 0 Å². The van der Waals surface area contributed by atoms with Crippen molar-refractivity contribution in [3.05, 3.63) is 65.2 Å². The second kappa shape index (κ2) is 11.9. The Hall–Kier alpha value is -1.85. The highest BCUT2D eigenvalue weighted by Crippen LogP contribution is 2.28. The lowest BCUT2D eigenvalue weighted by Gasteiger charge is -2.20. The maximum absolute atomic E-state index is 12.9. The van der Waals surface area contributed by atoms with E-state index in [1.807, 2.05) is 48.5 Å². The minimum absolute atomic E-state index is 0.0210. The molecule has 5 heteroatoms. The van der Waals surface area contributed by atoms with Crippen LogP contribution in [-0.4, -0.2) is 28.4 Å². The van der Waals surface area contributed by atoms with Gasteiger partial charge in [0.25, 0.3) is 0 Å². The Labute approximate surface area is 203 Å². The lowest BCUT2D eigenvalue weighted by molar-refractivity contribution is 0.103. The summed E-state index contributed by atoms with van der Waals surface area (Å²) in [6.07, 6.45) is 8.07. The SMILES string of the molecule is CC(C)(C)c1ccc(C(=O)c2cccc(NC(=S)NCCCSC3CCCCC3)c2)cc1. The molecule has 0 aliphatic heterocycles. The number of benzene rings is 2. The van der Waals surface area contributed by atoms with Gasteiger partial charge in [0.05, 0.1) is 0 Å². The standard InChI is InChI=1S/C27H36N2OS2/c1-27(2,3)22-15-13-20(14-16-22)25(30)21-9-7-10-23(19-21)29-26(31)28-17-8-18-32-24-11-5-4-6-12-24/h7,9-10,13-16,19,24H,4-6,8,11-12,17-18H2,1-3H3,(H2,28,29,31). The molecule has 3 rings (SSSR count). The molecule has 1 aliphatic rings. The lowest BCUT2D eigenvalue weighted by Crippen LogP contribution is -2.29. The van der Waals surface area contributed by atoms with Crippen LogP contribution in [0.5, 0.6) is 0 Å². The summed E-state index contributed by atoms with van der Waals surface area (Å²) in [5, 5.41) is 7.97. The third-order valence-electron chi connectivity index (χ3n) is 5.91. The van der Waals surface area contributed by atoms with Crippen molar-refractivity contribution in [2.45, 2.75) is 70.0 Å².